The Hall–Kier alpha value is -1.58. The molecule has 0 amide bonds. The Morgan fingerprint density at radius 2 is 2.44 bits per heavy atom. The van der Waals surface area contributed by atoms with Gasteiger partial charge in [0.15, 0.2) is 12.5 Å². The highest BCUT2D eigenvalue weighted by molar-refractivity contribution is 9.10. The maximum Gasteiger partial charge on any atom is 0.188 e. The third-order valence-electron chi connectivity index (χ3n) is 2.00. The number of nitrogens with zero attached hydrogens (tertiary/aromatic N) is 3. The maximum absolute atomic E-state index is 8.94. The molecule has 2 aromatic heterocycles. The van der Waals surface area contributed by atoms with Crippen LogP contribution in [0.1, 0.15) is 5.56 Å². The van der Waals surface area contributed by atoms with Crippen LogP contribution in [0, 0.1) is 11.3 Å². The zero-order valence-electron chi connectivity index (χ0n) is 8.48. The molecule has 6 heteroatoms. The number of hydrogen-bond donors (Lipinski definition) is 0. The lowest BCUT2D eigenvalue weighted by atomic mass is 10.2. The molecule has 0 unspecified atom stereocenters. The van der Waals surface area contributed by atoms with Crippen molar-refractivity contribution in [3.05, 3.63) is 28.5 Å². The average molecular weight is 282 g/mol. The molecule has 0 atom stereocenters. The van der Waals surface area contributed by atoms with Crippen LogP contribution >= 0.6 is 15.9 Å². The number of fused-ring (bicyclic) bond motifs is 1. The van der Waals surface area contributed by atoms with Crippen molar-refractivity contribution in [1.29, 1.82) is 5.26 Å². The molecule has 5 nitrogen and oxygen atoms in total. The Labute approximate surface area is 100 Å². The summed E-state index contributed by atoms with van der Waals surface area (Å²) >= 11 is 3.34. The summed E-state index contributed by atoms with van der Waals surface area (Å²) in [7, 11) is 1.54. The predicted molar refractivity (Wildman–Crippen MR) is 60.1 cm³/mol. The normalized spacial score (nSPS) is 10.3. The molecule has 0 fully saturated rings. The minimum Gasteiger partial charge on any atom is -0.465 e. The SMILES string of the molecule is COCOc1cc(Br)cn2ncc(C#N)c12. The fourth-order valence-corrected chi connectivity index (χ4v) is 1.77. The summed E-state index contributed by atoms with van der Waals surface area (Å²) in [5.74, 6) is 0.560. The second kappa shape index (κ2) is 4.51. The molecule has 0 bridgehead atoms. The summed E-state index contributed by atoms with van der Waals surface area (Å²) in [4.78, 5) is 0. The van der Waals surface area contributed by atoms with E-state index < -0.39 is 0 Å². The van der Waals surface area contributed by atoms with E-state index in [1.54, 1.807) is 16.8 Å². The quantitative estimate of drug-likeness (QED) is 0.807. The minimum absolute atomic E-state index is 0.127. The first-order valence-electron chi connectivity index (χ1n) is 4.45. The van der Waals surface area contributed by atoms with Crippen LogP contribution in [0.15, 0.2) is 22.9 Å². The Balaban J connectivity index is 2.59. The van der Waals surface area contributed by atoms with E-state index in [0.29, 0.717) is 16.8 Å². The molecule has 0 aromatic carbocycles. The molecule has 2 rings (SSSR count). The molecule has 0 radical (unpaired) electrons. The minimum atomic E-state index is 0.127. The topological polar surface area (TPSA) is 59.6 Å². The molecule has 0 N–H and O–H groups in total. The van der Waals surface area contributed by atoms with Gasteiger partial charge in [0.05, 0.1) is 6.20 Å². The van der Waals surface area contributed by atoms with Gasteiger partial charge in [0, 0.05) is 17.8 Å². The van der Waals surface area contributed by atoms with Gasteiger partial charge >= 0.3 is 0 Å². The van der Waals surface area contributed by atoms with Crippen LogP contribution in [-0.4, -0.2) is 23.5 Å². The monoisotopic (exact) mass is 281 g/mol. The number of pyridine rings is 1. The number of nitriles is 1. The summed E-state index contributed by atoms with van der Waals surface area (Å²) in [6.07, 6.45) is 3.26. The molecule has 0 aliphatic carbocycles. The van der Waals surface area contributed by atoms with Crippen molar-refractivity contribution in [1.82, 2.24) is 9.61 Å². The van der Waals surface area contributed by atoms with Crippen LogP contribution in [0.25, 0.3) is 5.52 Å². The van der Waals surface area contributed by atoms with Gasteiger partial charge in [-0.1, -0.05) is 0 Å². The summed E-state index contributed by atoms with van der Waals surface area (Å²) in [6, 6.07) is 3.84. The first-order valence-corrected chi connectivity index (χ1v) is 5.24. The molecule has 16 heavy (non-hydrogen) atoms. The number of ether oxygens (including phenoxy) is 2. The van der Waals surface area contributed by atoms with Crippen molar-refractivity contribution in [2.75, 3.05) is 13.9 Å². The molecule has 0 aliphatic heterocycles. The molecule has 0 spiro atoms. The second-order valence-electron chi connectivity index (χ2n) is 3.04. The largest absolute Gasteiger partial charge is 0.465 e. The van der Waals surface area contributed by atoms with E-state index in [0.717, 1.165) is 4.47 Å². The number of rotatable bonds is 3. The van der Waals surface area contributed by atoms with Gasteiger partial charge in [-0.15, -0.1) is 0 Å². The molecule has 2 heterocycles. The van der Waals surface area contributed by atoms with Crippen molar-refractivity contribution < 1.29 is 9.47 Å². The van der Waals surface area contributed by atoms with Crippen LogP contribution in [0.2, 0.25) is 0 Å². The Bertz CT molecular complexity index is 559. The number of aromatic nitrogens is 2. The summed E-state index contributed by atoms with van der Waals surface area (Å²) < 4.78 is 12.6. The van der Waals surface area contributed by atoms with Crippen molar-refractivity contribution in [2.24, 2.45) is 0 Å². The van der Waals surface area contributed by atoms with E-state index in [2.05, 4.69) is 27.1 Å². The lowest BCUT2D eigenvalue weighted by Crippen LogP contribution is -2.01. The molecule has 82 valence electrons. The van der Waals surface area contributed by atoms with Crippen molar-refractivity contribution in [3.8, 4) is 11.8 Å². The highest BCUT2D eigenvalue weighted by Gasteiger charge is 2.11. The molecule has 2 aromatic rings. The van der Waals surface area contributed by atoms with Crippen molar-refractivity contribution >= 4 is 21.4 Å². The molecule has 0 saturated carbocycles. The van der Waals surface area contributed by atoms with Crippen LogP contribution in [0.4, 0.5) is 0 Å². The van der Waals surface area contributed by atoms with Gasteiger partial charge < -0.3 is 9.47 Å². The third kappa shape index (κ3) is 1.87. The summed E-state index contributed by atoms with van der Waals surface area (Å²) in [5.41, 5.74) is 1.11. The first-order chi connectivity index (χ1) is 7.76. The second-order valence-corrected chi connectivity index (χ2v) is 3.95. The first kappa shape index (κ1) is 10.9. The van der Waals surface area contributed by atoms with Crippen molar-refractivity contribution in [2.45, 2.75) is 0 Å². The van der Waals surface area contributed by atoms with E-state index >= 15 is 0 Å². The van der Waals surface area contributed by atoms with Gasteiger partial charge in [0.2, 0.25) is 0 Å². The van der Waals surface area contributed by atoms with Gasteiger partial charge in [-0.25, -0.2) is 4.52 Å². The zero-order chi connectivity index (χ0) is 11.5. The van der Waals surface area contributed by atoms with Gasteiger partial charge in [-0.05, 0) is 22.0 Å². The Morgan fingerprint density at radius 3 is 3.12 bits per heavy atom. The van der Waals surface area contributed by atoms with E-state index in [4.69, 9.17) is 14.7 Å². The fourth-order valence-electron chi connectivity index (χ4n) is 1.37. The molecular formula is C10H8BrN3O2. The smallest absolute Gasteiger partial charge is 0.188 e. The average Bonchev–Trinajstić information content (AvgIpc) is 2.68. The van der Waals surface area contributed by atoms with Gasteiger partial charge in [0.1, 0.15) is 17.1 Å². The van der Waals surface area contributed by atoms with Crippen LogP contribution in [0.3, 0.4) is 0 Å². The Morgan fingerprint density at radius 1 is 1.62 bits per heavy atom. The molecule has 0 aliphatic rings. The van der Waals surface area contributed by atoms with Crippen molar-refractivity contribution in [3.63, 3.8) is 0 Å². The van der Waals surface area contributed by atoms with E-state index in [-0.39, 0.29) is 6.79 Å². The third-order valence-corrected chi connectivity index (χ3v) is 2.43. The van der Waals surface area contributed by atoms with Gasteiger partial charge in [-0.3, -0.25) is 0 Å². The lowest BCUT2D eigenvalue weighted by molar-refractivity contribution is 0.0519. The van der Waals surface area contributed by atoms with Gasteiger partial charge in [0.25, 0.3) is 0 Å². The summed E-state index contributed by atoms with van der Waals surface area (Å²) in [6.45, 7) is 0.127. The van der Waals surface area contributed by atoms with Crippen LogP contribution in [-0.2, 0) is 4.74 Å². The highest BCUT2D eigenvalue weighted by atomic mass is 79.9. The van der Waals surface area contributed by atoms with Crippen LogP contribution in [0.5, 0.6) is 5.75 Å². The van der Waals surface area contributed by atoms with E-state index in [1.807, 2.05) is 0 Å². The number of halogens is 1. The van der Waals surface area contributed by atoms with Crippen LogP contribution < -0.4 is 4.74 Å². The molecule has 0 saturated heterocycles. The number of hydrogen-bond acceptors (Lipinski definition) is 4. The van der Waals surface area contributed by atoms with E-state index in [1.165, 1.54) is 13.3 Å². The lowest BCUT2D eigenvalue weighted by Gasteiger charge is -2.07. The standard InChI is InChI=1S/C10H8BrN3O2/c1-15-6-16-9-2-8(11)5-14-10(9)7(3-12)4-13-14/h2,4-5H,6H2,1H3. The zero-order valence-corrected chi connectivity index (χ0v) is 10.1. The Kier molecular flexibility index (Phi) is 3.08. The maximum atomic E-state index is 8.94. The summed E-state index contributed by atoms with van der Waals surface area (Å²) in [5, 5.41) is 13.0. The van der Waals surface area contributed by atoms with Gasteiger partial charge in [-0.2, -0.15) is 10.4 Å². The number of methoxy groups -OCH3 is 1. The fraction of sp³-hybridized carbons (Fsp3) is 0.200. The molecular weight excluding hydrogens is 274 g/mol. The highest BCUT2D eigenvalue weighted by Crippen LogP contribution is 2.26. The predicted octanol–water partition coefficient (Wildman–Crippen LogP) is 1.95. The van der Waals surface area contributed by atoms with E-state index in [9.17, 15) is 0 Å².